The monoisotopic (exact) mass is 502 g/mol. The van der Waals surface area contributed by atoms with E-state index in [0.717, 1.165) is 24.5 Å². The highest BCUT2D eigenvalue weighted by Crippen LogP contribution is 2.47. The summed E-state index contributed by atoms with van der Waals surface area (Å²) in [5, 5.41) is 3.69. The number of nitrogens with zero attached hydrogens (tertiary/aromatic N) is 2. The third kappa shape index (κ3) is 4.41. The lowest BCUT2D eigenvalue weighted by atomic mass is 9.81. The lowest BCUT2D eigenvalue weighted by Gasteiger charge is -2.27. The van der Waals surface area contributed by atoms with Gasteiger partial charge in [-0.15, -0.1) is 0 Å². The van der Waals surface area contributed by atoms with Gasteiger partial charge in [-0.2, -0.15) is 4.58 Å². The van der Waals surface area contributed by atoms with Crippen LogP contribution in [0.5, 0.6) is 0 Å². The number of para-hydroxylation sites is 3. The molecule has 2 heterocycles. The summed E-state index contributed by atoms with van der Waals surface area (Å²) in [6.45, 7) is 15.6. The van der Waals surface area contributed by atoms with Crippen LogP contribution in [-0.4, -0.2) is 23.4 Å². The van der Waals surface area contributed by atoms with Crippen LogP contribution in [0.3, 0.4) is 0 Å². The third-order valence-corrected chi connectivity index (χ3v) is 8.12. The van der Waals surface area contributed by atoms with E-state index in [1.54, 1.807) is 0 Å². The minimum Gasteiger partial charge on any atom is -0.355 e. The molecule has 5 rings (SSSR count). The smallest absolute Gasteiger partial charge is 0.209 e. The highest BCUT2D eigenvalue weighted by atomic mass is 15.2. The standard InChI is InChI=1S/C35H39N3/c1-7-37-30-22-14-12-20-28(30)34(3,4)32(37)24-16-19-27(36-26-17-10-9-11-18-26)25-33-35(5,6)29-21-13-15-23-31(29)38(33)8-2/h9-25H,7-8H2,1-6H3/p+1. The zero-order valence-electron chi connectivity index (χ0n) is 23.6. The maximum Gasteiger partial charge on any atom is 0.209 e. The molecule has 38 heavy (non-hydrogen) atoms. The van der Waals surface area contributed by atoms with Gasteiger partial charge in [0, 0.05) is 52.4 Å². The van der Waals surface area contributed by atoms with Crippen molar-refractivity contribution < 1.29 is 4.58 Å². The first-order valence-electron chi connectivity index (χ1n) is 13.8. The van der Waals surface area contributed by atoms with Crippen LogP contribution in [0, 0.1) is 0 Å². The van der Waals surface area contributed by atoms with Crippen LogP contribution in [0.1, 0.15) is 52.7 Å². The van der Waals surface area contributed by atoms with Crippen LogP contribution in [0.2, 0.25) is 0 Å². The Morgan fingerprint density at radius 2 is 1.47 bits per heavy atom. The molecule has 0 unspecified atom stereocenters. The zero-order chi connectivity index (χ0) is 26.9. The second-order valence-corrected chi connectivity index (χ2v) is 11.2. The van der Waals surface area contributed by atoms with Crippen molar-refractivity contribution in [2.45, 2.75) is 52.4 Å². The van der Waals surface area contributed by atoms with Crippen LogP contribution >= 0.6 is 0 Å². The fraction of sp³-hybridized carbons (Fsp3) is 0.286. The topological polar surface area (TPSA) is 18.3 Å². The average Bonchev–Trinajstić information content (AvgIpc) is 3.27. The molecule has 2 aliphatic rings. The number of likely N-dealkylation sites (N-methyl/N-ethyl adjacent to an activating group) is 1. The Kier molecular flexibility index (Phi) is 6.88. The molecule has 1 N–H and O–H groups in total. The number of rotatable bonds is 7. The summed E-state index contributed by atoms with van der Waals surface area (Å²) in [6.07, 6.45) is 9.05. The second kappa shape index (κ2) is 10.1. The van der Waals surface area contributed by atoms with E-state index in [4.69, 9.17) is 0 Å². The van der Waals surface area contributed by atoms with Crippen LogP contribution in [0.15, 0.2) is 115 Å². The quantitative estimate of drug-likeness (QED) is 0.258. The molecule has 3 nitrogen and oxygen atoms in total. The molecule has 194 valence electrons. The molecule has 0 saturated carbocycles. The maximum absolute atomic E-state index is 3.69. The van der Waals surface area contributed by atoms with Crippen molar-refractivity contribution in [2.24, 2.45) is 0 Å². The fourth-order valence-electron chi connectivity index (χ4n) is 6.13. The Labute approximate surface area is 228 Å². The summed E-state index contributed by atoms with van der Waals surface area (Å²) in [5.74, 6) is 0. The molecule has 0 amide bonds. The van der Waals surface area contributed by atoms with E-state index in [0.29, 0.717) is 0 Å². The van der Waals surface area contributed by atoms with Gasteiger partial charge in [-0.1, -0.05) is 74.5 Å². The summed E-state index contributed by atoms with van der Waals surface area (Å²) < 4.78 is 2.44. The van der Waals surface area contributed by atoms with Crippen molar-refractivity contribution in [1.29, 1.82) is 0 Å². The van der Waals surface area contributed by atoms with Gasteiger partial charge in [0.15, 0.2) is 5.71 Å². The molecule has 0 spiro atoms. The van der Waals surface area contributed by atoms with Crippen LogP contribution in [0.25, 0.3) is 0 Å². The Hall–Kier alpha value is -3.85. The average molecular weight is 503 g/mol. The maximum atomic E-state index is 3.69. The second-order valence-electron chi connectivity index (χ2n) is 11.2. The summed E-state index contributed by atoms with van der Waals surface area (Å²) in [6, 6.07) is 28.0. The first-order valence-corrected chi connectivity index (χ1v) is 13.8. The van der Waals surface area contributed by atoms with E-state index in [1.165, 1.54) is 33.9 Å². The van der Waals surface area contributed by atoms with Gasteiger partial charge in [-0.3, -0.25) is 0 Å². The number of hydrogen-bond donors (Lipinski definition) is 1. The minimum absolute atomic E-state index is 0.0451. The molecular weight excluding hydrogens is 462 g/mol. The number of fused-ring (bicyclic) bond motifs is 2. The van der Waals surface area contributed by atoms with Crippen LogP contribution < -0.4 is 10.2 Å². The molecule has 0 fully saturated rings. The Balaban J connectivity index is 1.57. The van der Waals surface area contributed by atoms with E-state index in [-0.39, 0.29) is 10.8 Å². The summed E-state index contributed by atoms with van der Waals surface area (Å²) in [4.78, 5) is 2.45. The summed E-state index contributed by atoms with van der Waals surface area (Å²) in [7, 11) is 0. The van der Waals surface area contributed by atoms with Crippen LogP contribution in [0.4, 0.5) is 17.1 Å². The van der Waals surface area contributed by atoms with Crippen molar-refractivity contribution in [2.75, 3.05) is 23.3 Å². The molecule has 0 aliphatic carbocycles. The van der Waals surface area contributed by atoms with E-state index in [2.05, 4.69) is 160 Å². The normalized spacial score (nSPS) is 18.8. The first kappa shape index (κ1) is 25.8. The van der Waals surface area contributed by atoms with E-state index < -0.39 is 0 Å². The van der Waals surface area contributed by atoms with Gasteiger partial charge < -0.3 is 10.2 Å². The zero-order valence-corrected chi connectivity index (χ0v) is 23.6. The number of nitrogens with one attached hydrogen (secondary N) is 1. The van der Waals surface area contributed by atoms with Crippen molar-refractivity contribution in [3.05, 3.63) is 126 Å². The largest absolute Gasteiger partial charge is 0.355 e. The first-order chi connectivity index (χ1) is 18.3. The van der Waals surface area contributed by atoms with E-state index >= 15 is 0 Å². The molecule has 0 radical (unpaired) electrons. The third-order valence-electron chi connectivity index (χ3n) is 8.12. The van der Waals surface area contributed by atoms with Gasteiger partial charge >= 0.3 is 0 Å². The van der Waals surface area contributed by atoms with Crippen molar-refractivity contribution >= 4 is 22.8 Å². The van der Waals surface area contributed by atoms with Gasteiger partial charge in [-0.05, 0) is 63.6 Å². The van der Waals surface area contributed by atoms with Gasteiger partial charge in [0.05, 0.1) is 5.41 Å². The van der Waals surface area contributed by atoms with Gasteiger partial charge in [-0.25, -0.2) is 0 Å². The molecule has 3 aromatic rings. The minimum atomic E-state index is -0.0867. The van der Waals surface area contributed by atoms with Crippen molar-refractivity contribution in [3.63, 3.8) is 0 Å². The Morgan fingerprint density at radius 1 is 0.816 bits per heavy atom. The van der Waals surface area contributed by atoms with Gasteiger partial charge in [0.2, 0.25) is 5.69 Å². The Bertz CT molecular complexity index is 1450. The lowest BCUT2D eigenvalue weighted by Crippen LogP contribution is -2.27. The number of allylic oxidation sites excluding steroid dienone is 5. The number of hydrogen-bond acceptors (Lipinski definition) is 2. The van der Waals surface area contributed by atoms with Crippen molar-refractivity contribution in [3.8, 4) is 0 Å². The predicted molar refractivity (Wildman–Crippen MR) is 163 cm³/mol. The van der Waals surface area contributed by atoms with E-state index in [9.17, 15) is 0 Å². The SMILES string of the molecule is CCN1C(=CC(=CC=CC2=[N+](CC)c3ccccc3C2(C)C)Nc2ccccc2)C(C)(C)c2ccccc21. The number of benzene rings is 3. The molecule has 3 aromatic carbocycles. The van der Waals surface area contributed by atoms with Gasteiger partial charge in [0.1, 0.15) is 6.54 Å². The molecule has 0 bridgehead atoms. The molecule has 0 aromatic heterocycles. The lowest BCUT2D eigenvalue weighted by molar-refractivity contribution is -0.433. The Morgan fingerprint density at radius 3 is 2.18 bits per heavy atom. The highest BCUT2D eigenvalue weighted by Gasteiger charge is 2.43. The van der Waals surface area contributed by atoms with E-state index in [1.807, 2.05) is 0 Å². The molecule has 0 atom stereocenters. The summed E-state index contributed by atoms with van der Waals surface area (Å²) in [5.41, 5.74) is 10.0. The number of anilines is 2. The van der Waals surface area contributed by atoms with Crippen LogP contribution in [-0.2, 0) is 10.8 Å². The molecule has 0 saturated heterocycles. The highest BCUT2D eigenvalue weighted by molar-refractivity contribution is 6.03. The van der Waals surface area contributed by atoms with Gasteiger partial charge in [0.25, 0.3) is 0 Å². The molecule has 3 heteroatoms. The van der Waals surface area contributed by atoms with Crippen molar-refractivity contribution in [1.82, 2.24) is 0 Å². The molecular formula is C35H40N3+. The predicted octanol–water partition coefficient (Wildman–Crippen LogP) is 8.34. The molecule has 2 aliphatic heterocycles. The fourth-order valence-corrected chi connectivity index (χ4v) is 6.13. The summed E-state index contributed by atoms with van der Waals surface area (Å²) >= 11 is 0.